The van der Waals surface area contributed by atoms with Crippen LogP contribution >= 0.6 is 0 Å². The zero-order valence-corrected chi connectivity index (χ0v) is 6.17. The Morgan fingerprint density at radius 2 is 2.09 bits per heavy atom. The van der Waals surface area contributed by atoms with Gasteiger partial charge in [-0.15, -0.1) is 4.99 Å². The Morgan fingerprint density at radius 1 is 1.36 bits per heavy atom. The van der Waals surface area contributed by atoms with E-state index >= 15 is 0 Å². The van der Waals surface area contributed by atoms with Crippen molar-refractivity contribution in [2.24, 2.45) is 10.9 Å². The van der Waals surface area contributed by atoms with E-state index in [-0.39, 0.29) is 0 Å². The normalized spacial score (nSPS) is 17.8. The molecule has 0 atom stereocenters. The summed E-state index contributed by atoms with van der Waals surface area (Å²) in [6, 6.07) is 2.40. The molecule has 1 aliphatic heterocycles. The number of isocyanates is 1. The van der Waals surface area contributed by atoms with Gasteiger partial charge in [0.1, 0.15) is 0 Å². The van der Waals surface area contributed by atoms with Gasteiger partial charge in [0.15, 0.2) is 0 Å². The maximum absolute atomic E-state index is 9.63. The number of carbonyl (C=O) groups excluding carboxylic acids is 1. The third-order valence-corrected chi connectivity index (χ3v) is 1.59. The van der Waals surface area contributed by atoms with Gasteiger partial charge in [-0.3, -0.25) is 0 Å². The van der Waals surface area contributed by atoms with E-state index in [1.165, 1.54) is 6.08 Å². The van der Waals surface area contributed by atoms with E-state index in [0.717, 1.165) is 26.1 Å². The summed E-state index contributed by atoms with van der Waals surface area (Å²) in [5.74, 6) is 3.21. The van der Waals surface area contributed by atoms with Gasteiger partial charge >= 0.3 is 0 Å². The molecule has 0 bridgehead atoms. The molecule has 0 radical (unpaired) electrons. The molecule has 0 aromatic carbocycles. The van der Waals surface area contributed by atoms with Crippen molar-refractivity contribution in [1.82, 2.24) is 0 Å². The van der Waals surface area contributed by atoms with Gasteiger partial charge in [0.25, 0.3) is 0 Å². The molecule has 0 spiro atoms. The second-order valence-electron chi connectivity index (χ2n) is 2.35. The Kier molecular flexibility index (Phi) is 3.40. The number of aliphatic imine (C=N–C) groups is 1. The topological polar surface area (TPSA) is 38.7 Å². The first-order valence-electron chi connectivity index (χ1n) is 3.58. The summed E-state index contributed by atoms with van der Waals surface area (Å²) in [4.78, 5) is 12.8. The van der Waals surface area contributed by atoms with Crippen molar-refractivity contribution < 1.29 is 9.53 Å². The van der Waals surface area contributed by atoms with E-state index in [9.17, 15) is 4.79 Å². The highest BCUT2D eigenvalue weighted by Crippen LogP contribution is 2.12. The molecule has 0 aromatic rings. The van der Waals surface area contributed by atoms with Gasteiger partial charge in [0, 0.05) is 25.2 Å². The second-order valence-corrected chi connectivity index (χ2v) is 2.35. The van der Waals surface area contributed by atoms with Crippen LogP contribution in [0.3, 0.4) is 0 Å². The number of rotatable bonds is 0. The highest BCUT2D eigenvalue weighted by atomic mass is 16.5. The lowest BCUT2D eigenvalue weighted by Crippen LogP contribution is -2.13. The maximum Gasteiger partial charge on any atom is 0.249 e. The number of ether oxygens (including phenoxy) is 1. The first kappa shape index (κ1) is 8.00. The summed E-state index contributed by atoms with van der Waals surface area (Å²) in [5, 5.41) is 0. The summed E-state index contributed by atoms with van der Waals surface area (Å²) in [6.07, 6.45) is 3.27. The molecule has 0 N–H and O–H groups in total. The third-order valence-electron chi connectivity index (χ3n) is 1.59. The lowest BCUT2D eigenvalue weighted by atomic mass is 10.0. The molecule has 11 heavy (non-hydrogen) atoms. The van der Waals surface area contributed by atoms with E-state index < -0.39 is 0 Å². The van der Waals surface area contributed by atoms with E-state index in [0.29, 0.717) is 5.92 Å². The molecule has 1 rings (SSSR count). The zero-order chi connectivity index (χ0) is 7.94. The smallest absolute Gasteiger partial charge is 0.249 e. The van der Waals surface area contributed by atoms with Crippen LogP contribution < -0.4 is 0 Å². The van der Waals surface area contributed by atoms with Crippen LogP contribution in [0.25, 0.3) is 0 Å². The minimum absolute atomic E-state index is 0.348. The van der Waals surface area contributed by atoms with Gasteiger partial charge < -0.3 is 4.74 Å². The highest BCUT2D eigenvalue weighted by Gasteiger charge is 2.09. The van der Waals surface area contributed by atoms with Crippen molar-refractivity contribution in [1.29, 1.82) is 0 Å². The summed E-state index contributed by atoms with van der Waals surface area (Å²) < 4.78 is 5.13. The Balaban J connectivity index is 2.36. The van der Waals surface area contributed by atoms with E-state index in [1.807, 2.05) is 0 Å². The summed E-state index contributed by atoms with van der Waals surface area (Å²) in [7, 11) is 0. The third kappa shape index (κ3) is 2.99. The van der Waals surface area contributed by atoms with Crippen molar-refractivity contribution in [3.05, 3.63) is 0 Å². The lowest BCUT2D eigenvalue weighted by molar-refractivity contribution is 0.0807. The summed E-state index contributed by atoms with van der Waals surface area (Å²) >= 11 is 0. The van der Waals surface area contributed by atoms with Crippen LogP contribution in [-0.4, -0.2) is 19.3 Å². The molecule has 0 aromatic heterocycles. The standard InChI is InChI=1S/C8H9NO2/c10-7-9-4-1-8-2-5-11-6-3-8/h8H,2-3,5-6H2. The Hall–Kier alpha value is -1.10. The molecule has 1 aliphatic rings. The maximum atomic E-state index is 9.63. The number of nitrogens with zero attached hydrogens (tertiary/aromatic N) is 1. The molecule has 0 aliphatic carbocycles. The van der Waals surface area contributed by atoms with Crippen LogP contribution in [0.1, 0.15) is 12.8 Å². The van der Waals surface area contributed by atoms with Crippen LogP contribution in [0, 0.1) is 17.9 Å². The van der Waals surface area contributed by atoms with Crippen molar-refractivity contribution in [2.75, 3.05) is 13.2 Å². The average Bonchev–Trinajstić information content (AvgIpc) is 2.07. The summed E-state index contributed by atoms with van der Waals surface area (Å²) in [5.41, 5.74) is 0. The van der Waals surface area contributed by atoms with Crippen LogP contribution in [0.4, 0.5) is 0 Å². The predicted octanol–water partition coefficient (Wildman–Crippen LogP) is 0.710. The fraction of sp³-hybridized carbons (Fsp3) is 0.625. The molecule has 3 nitrogen and oxygen atoms in total. The lowest BCUT2D eigenvalue weighted by Gasteiger charge is -2.15. The van der Waals surface area contributed by atoms with Crippen molar-refractivity contribution in [2.45, 2.75) is 12.8 Å². The quantitative estimate of drug-likeness (QED) is 0.290. The number of hydrogen-bond donors (Lipinski definition) is 0. The number of hydrogen-bond acceptors (Lipinski definition) is 3. The minimum atomic E-state index is 0.348. The molecular weight excluding hydrogens is 142 g/mol. The van der Waals surface area contributed by atoms with Crippen LogP contribution in [0.5, 0.6) is 0 Å². The molecule has 0 unspecified atom stereocenters. The van der Waals surface area contributed by atoms with Gasteiger partial charge in [-0.2, -0.15) is 0 Å². The van der Waals surface area contributed by atoms with Gasteiger partial charge in [0.05, 0.1) is 0 Å². The molecule has 1 heterocycles. The Morgan fingerprint density at radius 3 is 2.73 bits per heavy atom. The minimum Gasteiger partial charge on any atom is -0.381 e. The molecule has 0 saturated carbocycles. The molecule has 1 fully saturated rings. The molecule has 1 saturated heterocycles. The van der Waals surface area contributed by atoms with Crippen molar-refractivity contribution >= 4 is 6.08 Å². The zero-order valence-electron chi connectivity index (χ0n) is 6.17. The Bertz CT molecular complexity index is 214. The Labute approximate surface area is 65.5 Å². The summed E-state index contributed by atoms with van der Waals surface area (Å²) in [6.45, 7) is 1.54. The monoisotopic (exact) mass is 151 g/mol. The van der Waals surface area contributed by atoms with Gasteiger partial charge in [-0.1, -0.05) is 5.92 Å². The fourth-order valence-electron chi connectivity index (χ4n) is 0.988. The van der Waals surface area contributed by atoms with Crippen molar-refractivity contribution in [3.8, 4) is 12.0 Å². The molecule has 58 valence electrons. The fourth-order valence-corrected chi connectivity index (χ4v) is 0.988. The first-order valence-corrected chi connectivity index (χ1v) is 3.58. The van der Waals surface area contributed by atoms with Gasteiger partial charge in [-0.05, 0) is 12.8 Å². The van der Waals surface area contributed by atoms with E-state index in [4.69, 9.17) is 4.74 Å². The second kappa shape index (κ2) is 4.68. The van der Waals surface area contributed by atoms with Crippen LogP contribution in [0.15, 0.2) is 4.99 Å². The molecular formula is C8H9NO2. The van der Waals surface area contributed by atoms with Crippen molar-refractivity contribution in [3.63, 3.8) is 0 Å². The SMILES string of the molecule is O=C=NC#CC1CCOCC1. The largest absolute Gasteiger partial charge is 0.381 e. The highest BCUT2D eigenvalue weighted by molar-refractivity contribution is 5.36. The van der Waals surface area contributed by atoms with E-state index in [2.05, 4.69) is 17.0 Å². The van der Waals surface area contributed by atoms with Gasteiger partial charge in [-0.25, -0.2) is 4.79 Å². The first-order chi connectivity index (χ1) is 5.43. The molecule has 3 heteroatoms. The van der Waals surface area contributed by atoms with E-state index in [1.54, 1.807) is 0 Å². The van der Waals surface area contributed by atoms with Crippen LogP contribution in [0.2, 0.25) is 0 Å². The van der Waals surface area contributed by atoms with Gasteiger partial charge in [0.2, 0.25) is 6.08 Å². The molecule has 0 amide bonds. The van der Waals surface area contributed by atoms with Crippen LogP contribution in [-0.2, 0) is 9.53 Å². The predicted molar refractivity (Wildman–Crippen MR) is 39.4 cm³/mol. The average molecular weight is 151 g/mol.